The van der Waals surface area contributed by atoms with Crippen LogP contribution in [-0.2, 0) is 19.1 Å². The lowest BCUT2D eigenvalue weighted by Gasteiger charge is -2.21. The molecule has 0 atom stereocenters. The molecule has 0 spiro atoms. The van der Waals surface area contributed by atoms with Crippen LogP contribution in [0.2, 0.25) is 0 Å². The van der Waals surface area contributed by atoms with Crippen LogP contribution in [0.4, 0.5) is 0 Å². The number of carbonyl (C=O) groups excluding carboxylic acids is 2. The summed E-state index contributed by atoms with van der Waals surface area (Å²) in [6.07, 6.45) is 42.7. The summed E-state index contributed by atoms with van der Waals surface area (Å²) in [6, 6.07) is 0. The van der Waals surface area contributed by atoms with Gasteiger partial charge in [0.05, 0.1) is 13.2 Å². The third-order valence-corrected chi connectivity index (χ3v) is 10.9. The van der Waals surface area contributed by atoms with Crippen molar-refractivity contribution in [2.45, 2.75) is 258 Å². The van der Waals surface area contributed by atoms with E-state index >= 15 is 0 Å². The minimum Gasteiger partial charge on any atom is -0.466 e. The van der Waals surface area contributed by atoms with Crippen molar-refractivity contribution in [2.24, 2.45) is 0 Å². The molecule has 0 saturated heterocycles. The molecule has 316 valence electrons. The lowest BCUT2D eigenvalue weighted by Crippen LogP contribution is -2.29. The number of ether oxygens (including phenoxy) is 2. The van der Waals surface area contributed by atoms with Crippen LogP contribution in [0.25, 0.3) is 0 Å². The lowest BCUT2D eigenvalue weighted by atomic mass is 10.0. The molecule has 53 heavy (non-hydrogen) atoms. The molecule has 0 aromatic heterocycles. The lowest BCUT2D eigenvalue weighted by molar-refractivity contribution is -0.150. The van der Waals surface area contributed by atoms with Gasteiger partial charge in [0.15, 0.2) is 0 Å². The summed E-state index contributed by atoms with van der Waals surface area (Å²) >= 11 is 0. The summed E-state index contributed by atoms with van der Waals surface area (Å²) in [4.78, 5) is 27.3. The molecule has 0 fully saturated rings. The first-order valence-corrected chi connectivity index (χ1v) is 23.8. The van der Waals surface area contributed by atoms with E-state index in [0.717, 1.165) is 83.7 Å². The van der Waals surface area contributed by atoms with Gasteiger partial charge in [0, 0.05) is 19.4 Å². The second kappa shape index (κ2) is 43.6. The van der Waals surface area contributed by atoms with Crippen molar-refractivity contribution in [1.82, 2.24) is 4.90 Å². The Morgan fingerprint density at radius 3 is 1.25 bits per heavy atom. The van der Waals surface area contributed by atoms with Crippen LogP contribution in [-0.4, -0.2) is 60.9 Å². The van der Waals surface area contributed by atoms with Crippen molar-refractivity contribution in [3.63, 3.8) is 0 Å². The van der Waals surface area contributed by atoms with Crippen molar-refractivity contribution < 1.29 is 24.2 Å². The summed E-state index contributed by atoms with van der Waals surface area (Å²) < 4.78 is 11.5. The molecule has 1 N–H and O–H groups in total. The fourth-order valence-electron chi connectivity index (χ4n) is 7.41. The number of hydrogen-bond donors (Lipinski definition) is 1. The first-order chi connectivity index (χ1) is 26.1. The van der Waals surface area contributed by atoms with E-state index in [4.69, 9.17) is 9.47 Å². The van der Waals surface area contributed by atoms with E-state index in [1.54, 1.807) is 0 Å². The van der Waals surface area contributed by atoms with Gasteiger partial charge < -0.3 is 19.5 Å². The van der Waals surface area contributed by atoms with Gasteiger partial charge in [-0.05, 0) is 70.9 Å². The van der Waals surface area contributed by atoms with Gasteiger partial charge in [-0.2, -0.15) is 0 Å². The largest absolute Gasteiger partial charge is 0.466 e. The van der Waals surface area contributed by atoms with E-state index in [1.165, 1.54) is 148 Å². The molecule has 0 unspecified atom stereocenters. The number of carbonyl (C=O) groups is 2. The summed E-state index contributed by atoms with van der Waals surface area (Å²) in [7, 11) is 0. The molecular formula is C47H93NO5. The highest BCUT2D eigenvalue weighted by Gasteiger charge is 2.15. The molecule has 0 aliphatic carbocycles. The van der Waals surface area contributed by atoms with Crippen molar-refractivity contribution in [1.29, 1.82) is 0 Å². The topological polar surface area (TPSA) is 76.1 Å². The fraction of sp³-hybridized carbons (Fsp3) is 0.957. The molecule has 0 saturated carbocycles. The minimum atomic E-state index is -0.0436. The zero-order valence-corrected chi connectivity index (χ0v) is 36.1. The Morgan fingerprint density at radius 2 is 0.792 bits per heavy atom. The van der Waals surface area contributed by atoms with Crippen LogP contribution in [0.15, 0.2) is 0 Å². The van der Waals surface area contributed by atoms with Crippen LogP contribution in [0.1, 0.15) is 252 Å². The molecule has 0 aromatic rings. The number of aliphatic hydroxyl groups excluding tert-OH is 1. The van der Waals surface area contributed by atoms with Crippen LogP contribution >= 0.6 is 0 Å². The van der Waals surface area contributed by atoms with Gasteiger partial charge in [0.1, 0.15) is 6.10 Å². The highest BCUT2D eigenvalue weighted by Crippen LogP contribution is 2.19. The Labute approximate surface area is 331 Å². The molecule has 0 heterocycles. The highest BCUT2D eigenvalue weighted by atomic mass is 16.5. The summed E-state index contributed by atoms with van der Waals surface area (Å²) in [6.45, 7) is 10.2. The molecule has 0 rings (SSSR count). The van der Waals surface area contributed by atoms with E-state index in [1.807, 2.05) is 0 Å². The Bertz CT molecular complexity index is 726. The fourth-order valence-corrected chi connectivity index (χ4v) is 7.41. The molecule has 0 amide bonds. The third-order valence-electron chi connectivity index (χ3n) is 10.9. The van der Waals surface area contributed by atoms with E-state index in [-0.39, 0.29) is 24.6 Å². The molecular weight excluding hydrogens is 659 g/mol. The van der Waals surface area contributed by atoms with Gasteiger partial charge >= 0.3 is 11.9 Å². The maximum Gasteiger partial charge on any atom is 0.306 e. The van der Waals surface area contributed by atoms with Gasteiger partial charge in [-0.25, -0.2) is 0 Å². The smallest absolute Gasteiger partial charge is 0.306 e. The van der Waals surface area contributed by atoms with Crippen molar-refractivity contribution in [3.8, 4) is 0 Å². The van der Waals surface area contributed by atoms with Crippen LogP contribution < -0.4 is 0 Å². The van der Waals surface area contributed by atoms with Gasteiger partial charge in [-0.15, -0.1) is 0 Å². The summed E-state index contributed by atoms with van der Waals surface area (Å²) in [5, 5.41) is 9.58. The van der Waals surface area contributed by atoms with Gasteiger partial charge in [-0.1, -0.05) is 181 Å². The second-order valence-electron chi connectivity index (χ2n) is 16.2. The Morgan fingerprint density at radius 1 is 0.434 bits per heavy atom. The predicted molar refractivity (Wildman–Crippen MR) is 228 cm³/mol. The van der Waals surface area contributed by atoms with Crippen LogP contribution in [0.3, 0.4) is 0 Å². The first kappa shape index (κ1) is 51.9. The Kier molecular flexibility index (Phi) is 42.6. The minimum absolute atomic E-state index is 0.00581. The number of aliphatic hydroxyl groups is 1. The van der Waals surface area contributed by atoms with Gasteiger partial charge in [0.25, 0.3) is 0 Å². The highest BCUT2D eigenvalue weighted by molar-refractivity contribution is 5.69. The normalized spacial score (nSPS) is 11.6. The standard InChI is InChI=1S/C47H93NO5/c1-4-7-10-13-16-19-22-27-35-44-52-46(50)38-31-25-26-33-40-48(42-43-49)41-34-28-32-39-47(51)53-45(36-29-23-20-17-14-11-8-5-2)37-30-24-21-18-15-12-9-6-3/h45,49H,4-44H2,1-3H3. The number of hydrogen-bond acceptors (Lipinski definition) is 6. The molecule has 0 aliphatic rings. The number of rotatable bonds is 44. The van der Waals surface area contributed by atoms with Crippen LogP contribution in [0.5, 0.6) is 0 Å². The maximum atomic E-state index is 12.8. The maximum absolute atomic E-state index is 12.8. The van der Waals surface area contributed by atoms with Gasteiger partial charge in [0.2, 0.25) is 0 Å². The molecule has 6 nitrogen and oxygen atoms in total. The Balaban J connectivity index is 4.10. The molecule has 0 bridgehead atoms. The second-order valence-corrected chi connectivity index (χ2v) is 16.2. The predicted octanol–water partition coefficient (Wildman–Crippen LogP) is 13.8. The van der Waals surface area contributed by atoms with Gasteiger partial charge in [-0.3, -0.25) is 9.59 Å². The monoisotopic (exact) mass is 752 g/mol. The third kappa shape index (κ3) is 40.3. The SMILES string of the molecule is CCCCCCCCCCCOC(=O)CCCCCCN(CCO)CCCCCC(=O)OC(CCCCCCCCCC)CCCCCCCCCC. The van der Waals surface area contributed by atoms with E-state index in [0.29, 0.717) is 26.0 Å². The van der Waals surface area contributed by atoms with E-state index < -0.39 is 0 Å². The quantitative estimate of drug-likeness (QED) is 0.0493. The van der Waals surface area contributed by atoms with Crippen molar-refractivity contribution in [3.05, 3.63) is 0 Å². The van der Waals surface area contributed by atoms with E-state index in [9.17, 15) is 14.7 Å². The molecule has 0 aliphatic heterocycles. The number of esters is 2. The number of unbranched alkanes of at least 4 members (excludes halogenated alkanes) is 27. The van der Waals surface area contributed by atoms with E-state index in [2.05, 4.69) is 25.7 Å². The van der Waals surface area contributed by atoms with Crippen molar-refractivity contribution in [2.75, 3.05) is 32.8 Å². The number of nitrogens with zero attached hydrogens (tertiary/aromatic N) is 1. The molecule has 0 radical (unpaired) electrons. The average molecular weight is 752 g/mol. The average Bonchev–Trinajstić information content (AvgIpc) is 3.15. The summed E-state index contributed by atoms with van der Waals surface area (Å²) in [5.41, 5.74) is 0. The zero-order chi connectivity index (χ0) is 38.7. The Hall–Kier alpha value is -1.14. The molecule has 6 heteroatoms. The zero-order valence-electron chi connectivity index (χ0n) is 36.1. The first-order valence-electron chi connectivity index (χ1n) is 23.8. The summed E-state index contributed by atoms with van der Waals surface area (Å²) in [5.74, 6) is -0.0494. The molecule has 0 aromatic carbocycles. The van der Waals surface area contributed by atoms with Crippen molar-refractivity contribution >= 4 is 11.9 Å². The van der Waals surface area contributed by atoms with Crippen LogP contribution in [0, 0.1) is 0 Å².